The van der Waals surface area contributed by atoms with Crippen LogP contribution < -0.4 is 9.47 Å². The van der Waals surface area contributed by atoms with Crippen molar-refractivity contribution < 1.29 is 27.5 Å². The van der Waals surface area contributed by atoms with E-state index >= 15 is 0 Å². The molecule has 1 aliphatic rings. The summed E-state index contributed by atoms with van der Waals surface area (Å²) in [6.45, 7) is 0. The molecule has 0 saturated carbocycles. The molecule has 178 valence electrons. The van der Waals surface area contributed by atoms with Crippen LogP contribution in [0.15, 0.2) is 84.9 Å². The van der Waals surface area contributed by atoms with Crippen molar-refractivity contribution >= 4 is 43.3 Å². The standard InChI is InChI=1S/C28H24O6S/c29-27(33-25-11-9-19-5-1-3-7-21(19)13-25)15-23-17-35(31,32)18-24(23)16-28(30)34-26-12-10-20-6-2-4-8-22(20)14-26/h1-14,23-24H,15-18H2/t23-,24+. The highest BCUT2D eigenvalue weighted by atomic mass is 32.2. The quantitative estimate of drug-likeness (QED) is 0.282. The highest BCUT2D eigenvalue weighted by Crippen LogP contribution is 2.32. The molecule has 1 fully saturated rings. The normalized spacial score (nSPS) is 19.0. The smallest absolute Gasteiger partial charge is 0.311 e. The lowest BCUT2D eigenvalue weighted by atomic mass is 9.90. The molecule has 4 aromatic rings. The van der Waals surface area contributed by atoms with Gasteiger partial charge in [0.15, 0.2) is 9.84 Å². The predicted molar refractivity (Wildman–Crippen MR) is 134 cm³/mol. The van der Waals surface area contributed by atoms with Crippen LogP contribution in [0.4, 0.5) is 0 Å². The Morgan fingerprint density at radius 1 is 0.629 bits per heavy atom. The van der Waals surface area contributed by atoms with E-state index in [0.29, 0.717) is 11.5 Å². The number of hydrogen-bond donors (Lipinski definition) is 0. The van der Waals surface area contributed by atoms with Gasteiger partial charge in [-0.05, 0) is 57.6 Å². The molecule has 1 aliphatic heterocycles. The van der Waals surface area contributed by atoms with Crippen molar-refractivity contribution in [3.63, 3.8) is 0 Å². The molecule has 0 amide bonds. The van der Waals surface area contributed by atoms with Gasteiger partial charge in [0.2, 0.25) is 0 Å². The Balaban J connectivity index is 1.23. The molecule has 35 heavy (non-hydrogen) atoms. The number of hydrogen-bond acceptors (Lipinski definition) is 6. The van der Waals surface area contributed by atoms with Gasteiger partial charge in [-0.25, -0.2) is 8.42 Å². The second-order valence-electron chi connectivity index (χ2n) is 8.97. The summed E-state index contributed by atoms with van der Waals surface area (Å²) in [5.74, 6) is -1.52. The van der Waals surface area contributed by atoms with Crippen LogP contribution in [0.3, 0.4) is 0 Å². The number of esters is 2. The molecule has 0 unspecified atom stereocenters. The lowest BCUT2D eigenvalue weighted by Gasteiger charge is -2.16. The Bertz CT molecular complexity index is 1420. The summed E-state index contributed by atoms with van der Waals surface area (Å²) in [5.41, 5.74) is 0. The van der Waals surface area contributed by atoms with Gasteiger partial charge in [0, 0.05) is 0 Å². The Kier molecular flexibility index (Phi) is 6.26. The van der Waals surface area contributed by atoms with E-state index in [4.69, 9.17) is 9.47 Å². The molecule has 0 spiro atoms. The molecule has 0 bridgehead atoms. The fourth-order valence-corrected chi connectivity index (χ4v) is 6.90. The minimum Gasteiger partial charge on any atom is -0.426 e. The van der Waals surface area contributed by atoms with Crippen molar-refractivity contribution in [3.05, 3.63) is 84.9 Å². The van der Waals surface area contributed by atoms with Crippen LogP contribution in [0.2, 0.25) is 0 Å². The summed E-state index contributed by atoms with van der Waals surface area (Å²) in [6, 6.07) is 26.1. The average Bonchev–Trinajstić information content (AvgIpc) is 3.10. The molecule has 5 rings (SSSR count). The van der Waals surface area contributed by atoms with Gasteiger partial charge in [0.1, 0.15) is 11.5 Å². The maximum atomic E-state index is 12.6. The summed E-state index contributed by atoms with van der Waals surface area (Å²) < 4.78 is 35.6. The maximum absolute atomic E-state index is 12.6. The van der Waals surface area contributed by atoms with Crippen molar-refractivity contribution in [1.29, 1.82) is 0 Å². The van der Waals surface area contributed by atoms with Gasteiger partial charge in [-0.3, -0.25) is 9.59 Å². The number of fused-ring (bicyclic) bond motifs is 2. The fraction of sp³-hybridized carbons (Fsp3) is 0.214. The molecule has 1 heterocycles. The lowest BCUT2D eigenvalue weighted by molar-refractivity contribution is -0.138. The lowest BCUT2D eigenvalue weighted by Crippen LogP contribution is -2.23. The van der Waals surface area contributed by atoms with Gasteiger partial charge >= 0.3 is 11.9 Å². The van der Waals surface area contributed by atoms with Gasteiger partial charge < -0.3 is 9.47 Å². The molecular formula is C28H24O6S. The minimum atomic E-state index is -3.35. The molecule has 4 aromatic carbocycles. The third-order valence-electron chi connectivity index (χ3n) is 6.37. The molecule has 2 atom stereocenters. The minimum absolute atomic E-state index is 0.0834. The third-order valence-corrected chi connectivity index (χ3v) is 8.24. The summed E-state index contributed by atoms with van der Waals surface area (Å²) in [7, 11) is -3.35. The van der Waals surface area contributed by atoms with E-state index in [-0.39, 0.29) is 24.3 Å². The van der Waals surface area contributed by atoms with E-state index in [9.17, 15) is 18.0 Å². The first-order valence-electron chi connectivity index (χ1n) is 11.4. The van der Waals surface area contributed by atoms with E-state index in [1.165, 1.54) is 0 Å². The average molecular weight is 489 g/mol. The van der Waals surface area contributed by atoms with Gasteiger partial charge in [-0.2, -0.15) is 0 Å². The monoisotopic (exact) mass is 488 g/mol. The van der Waals surface area contributed by atoms with Crippen LogP contribution in [0.25, 0.3) is 21.5 Å². The molecule has 0 N–H and O–H groups in total. The number of sulfone groups is 1. The first kappa shape index (κ1) is 23.1. The number of benzene rings is 4. The van der Waals surface area contributed by atoms with E-state index in [1.54, 1.807) is 24.3 Å². The number of ether oxygens (including phenoxy) is 2. The maximum Gasteiger partial charge on any atom is 0.311 e. The third kappa shape index (κ3) is 5.52. The van der Waals surface area contributed by atoms with Gasteiger partial charge in [-0.1, -0.05) is 60.7 Å². The fourth-order valence-electron chi connectivity index (χ4n) is 4.68. The zero-order valence-corrected chi connectivity index (χ0v) is 19.7. The van der Waals surface area contributed by atoms with Crippen LogP contribution in [0, 0.1) is 11.8 Å². The van der Waals surface area contributed by atoms with E-state index in [1.807, 2.05) is 60.7 Å². The van der Waals surface area contributed by atoms with Crippen molar-refractivity contribution in [1.82, 2.24) is 0 Å². The van der Waals surface area contributed by atoms with Gasteiger partial charge in [0.05, 0.1) is 24.3 Å². The van der Waals surface area contributed by atoms with Gasteiger partial charge in [0.25, 0.3) is 0 Å². The van der Waals surface area contributed by atoms with Crippen molar-refractivity contribution in [2.24, 2.45) is 11.8 Å². The SMILES string of the molecule is O=C(C[C@@H]1CS(=O)(=O)C[C@@H]1CC(=O)Oc1ccc2ccccc2c1)Oc1ccc2ccccc2c1. The van der Waals surface area contributed by atoms with Crippen LogP contribution in [0.5, 0.6) is 11.5 Å². The van der Waals surface area contributed by atoms with Crippen LogP contribution in [0.1, 0.15) is 12.8 Å². The Morgan fingerprint density at radius 3 is 1.46 bits per heavy atom. The first-order chi connectivity index (χ1) is 16.8. The summed E-state index contributed by atoms with van der Waals surface area (Å²) in [5, 5.41) is 3.93. The molecule has 7 heteroatoms. The topological polar surface area (TPSA) is 86.7 Å². The zero-order valence-electron chi connectivity index (χ0n) is 18.9. The second kappa shape index (κ2) is 9.50. The summed E-state index contributed by atoms with van der Waals surface area (Å²) in [6.07, 6.45) is -0.167. The number of carbonyl (C=O) groups excluding carboxylic acids is 2. The second-order valence-corrected chi connectivity index (χ2v) is 11.1. The summed E-state index contributed by atoms with van der Waals surface area (Å²) in [4.78, 5) is 25.3. The Hall–Kier alpha value is -3.71. The first-order valence-corrected chi connectivity index (χ1v) is 13.3. The van der Waals surface area contributed by atoms with Crippen molar-refractivity contribution in [3.8, 4) is 11.5 Å². The molecule has 0 aromatic heterocycles. The molecule has 1 saturated heterocycles. The number of rotatable bonds is 6. The highest BCUT2D eigenvalue weighted by Gasteiger charge is 2.40. The van der Waals surface area contributed by atoms with Gasteiger partial charge in [-0.15, -0.1) is 0 Å². The van der Waals surface area contributed by atoms with E-state index in [0.717, 1.165) is 21.5 Å². The Morgan fingerprint density at radius 2 is 1.03 bits per heavy atom. The zero-order chi connectivity index (χ0) is 24.4. The van der Waals surface area contributed by atoms with Crippen LogP contribution >= 0.6 is 0 Å². The van der Waals surface area contributed by atoms with Crippen LogP contribution in [-0.4, -0.2) is 31.9 Å². The van der Waals surface area contributed by atoms with E-state index < -0.39 is 33.6 Å². The molecular weight excluding hydrogens is 464 g/mol. The number of carbonyl (C=O) groups is 2. The Labute approximate surface area is 203 Å². The summed E-state index contributed by atoms with van der Waals surface area (Å²) >= 11 is 0. The highest BCUT2D eigenvalue weighted by molar-refractivity contribution is 7.91. The largest absolute Gasteiger partial charge is 0.426 e. The van der Waals surface area contributed by atoms with Crippen molar-refractivity contribution in [2.75, 3.05) is 11.5 Å². The van der Waals surface area contributed by atoms with E-state index in [2.05, 4.69) is 0 Å². The molecule has 0 radical (unpaired) electrons. The predicted octanol–water partition coefficient (Wildman–Crippen LogP) is 4.95. The molecule has 6 nitrogen and oxygen atoms in total. The van der Waals surface area contributed by atoms with Crippen LogP contribution in [-0.2, 0) is 19.4 Å². The molecule has 0 aliphatic carbocycles. The van der Waals surface area contributed by atoms with Crippen molar-refractivity contribution in [2.45, 2.75) is 12.8 Å².